The number of methoxy groups -OCH3 is 1. The first-order chi connectivity index (χ1) is 14.2. The number of ether oxygens (including phenoxy) is 2. The molecule has 0 aliphatic rings. The Morgan fingerprint density at radius 1 is 1.13 bits per heavy atom. The third-order valence-corrected chi connectivity index (χ3v) is 5.02. The Kier molecular flexibility index (Phi) is 6.52. The van der Waals surface area contributed by atoms with Crippen molar-refractivity contribution >= 4 is 45.6 Å². The van der Waals surface area contributed by atoms with Gasteiger partial charge < -0.3 is 9.47 Å². The number of fused-ring (bicyclic) bond motifs is 1. The second kappa shape index (κ2) is 9.09. The number of carbonyl (C=O) groups is 1. The zero-order valence-electron chi connectivity index (χ0n) is 17.7. The second-order valence-corrected chi connectivity index (χ2v) is 8.66. The van der Waals surface area contributed by atoms with Crippen molar-refractivity contribution in [3.8, 4) is 5.75 Å². The summed E-state index contributed by atoms with van der Waals surface area (Å²) in [5.41, 5.74) is 1.34. The van der Waals surface area contributed by atoms with Crippen LogP contribution in [-0.4, -0.2) is 35.8 Å². The van der Waals surface area contributed by atoms with E-state index in [0.717, 1.165) is 26.5 Å². The molecule has 3 rings (SSSR count). The van der Waals surface area contributed by atoms with E-state index >= 15 is 0 Å². The van der Waals surface area contributed by atoms with Crippen LogP contribution >= 0.6 is 11.3 Å². The summed E-state index contributed by atoms with van der Waals surface area (Å²) < 4.78 is 11.7. The van der Waals surface area contributed by atoms with E-state index in [1.54, 1.807) is 37.8 Å². The quantitative estimate of drug-likeness (QED) is 0.486. The van der Waals surface area contributed by atoms with Gasteiger partial charge in [-0.2, -0.15) is 0 Å². The number of anilines is 1. The first-order valence-electron chi connectivity index (χ1n) is 9.47. The van der Waals surface area contributed by atoms with E-state index in [-0.39, 0.29) is 0 Å². The third-order valence-electron chi connectivity index (χ3n) is 4.03. The number of hydrogen-bond acceptors (Lipinski definition) is 6. The van der Waals surface area contributed by atoms with Gasteiger partial charge in [0.1, 0.15) is 22.2 Å². The molecule has 0 saturated carbocycles. The lowest BCUT2D eigenvalue weighted by molar-refractivity contribution is 0.0588. The molecule has 7 heteroatoms. The van der Waals surface area contributed by atoms with Crippen molar-refractivity contribution in [3.63, 3.8) is 0 Å². The number of rotatable bonds is 5. The van der Waals surface area contributed by atoms with Crippen LogP contribution in [0.4, 0.5) is 10.6 Å². The molecule has 0 saturated heterocycles. The van der Waals surface area contributed by atoms with Crippen LogP contribution in [0.25, 0.3) is 22.4 Å². The normalized spacial score (nSPS) is 12.0. The predicted octanol–water partition coefficient (Wildman–Crippen LogP) is 5.80. The first kappa shape index (κ1) is 21.5. The van der Waals surface area contributed by atoms with Crippen molar-refractivity contribution < 1.29 is 14.3 Å². The van der Waals surface area contributed by atoms with Crippen LogP contribution in [0.15, 0.2) is 48.7 Å². The topological polar surface area (TPSA) is 64.5 Å². The van der Waals surface area contributed by atoms with E-state index in [0.29, 0.717) is 5.82 Å². The summed E-state index contributed by atoms with van der Waals surface area (Å²) in [6.45, 7) is 5.50. The van der Waals surface area contributed by atoms with Crippen LogP contribution in [-0.2, 0) is 4.74 Å². The SMILES string of the molecule is COc1ccc2nc(/C=C/C=C/c3ccc(N(C)C(=O)OC(C)(C)C)nc3)sc2c1. The Balaban J connectivity index is 1.62. The van der Waals surface area contributed by atoms with Gasteiger partial charge in [-0.15, -0.1) is 11.3 Å². The van der Waals surface area contributed by atoms with Crippen molar-refractivity contribution in [2.75, 3.05) is 19.1 Å². The molecule has 0 spiro atoms. The molecule has 0 atom stereocenters. The maximum atomic E-state index is 12.1. The van der Waals surface area contributed by atoms with Gasteiger partial charge in [-0.1, -0.05) is 18.2 Å². The average Bonchev–Trinajstić information content (AvgIpc) is 3.11. The van der Waals surface area contributed by atoms with Crippen molar-refractivity contribution in [1.82, 2.24) is 9.97 Å². The number of allylic oxidation sites excluding steroid dienone is 2. The van der Waals surface area contributed by atoms with E-state index in [9.17, 15) is 4.79 Å². The number of nitrogens with zero attached hydrogens (tertiary/aromatic N) is 3. The largest absolute Gasteiger partial charge is 0.497 e. The summed E-state index contributed by atoms with van der Waals surface area (Å²) in [6.07, 6.45) is 9.05. The molecule has 0 aliphatic carbocycles. The number of aromatic nitrogens is 2. The number of pyridine rings is 1. The number of amides is 1. The molecule has 1 aromatic carbocycles. The zero-order chi connectivity index (χ0) is 21.7. The molecule has 0 radical (unpaired) electrons. The van der Waals surface area contributed by atoms with Gasteiger partial charge in [-0.05, 0) is 62.7 Å². The van der Waals surface area contributed by atoms with Crippen molar-refractivity contribution in [2.24, 2.45) is 0 Å². The minimum Gasteiger partial charge on any atom is -0.497 e. The Bertz CT molecular complexity index is 1080. The average molecular weight is 424 g/mol. The van der Waals surface area contributed by atoms with Gasteiger partial charge in [-0.25, -0.2) is 14.8 Å². The highest BCUT2D eigenvalue weighted by Gasteiger charge is 2.21. The standard InChI is InChI=1S/C23H25N3O3S/c1-23(2,3)29-22(27)26(4)20-13-10-16(15-24-20)8-6-7-9-21-25-18-12-11-17(28-5)14-19(18)30-21/h6-15H,1-5H3/b8-6+,9-7+. The van der Waals surface area contributed by atoms with Gasteiger partial charge in [0.25, 0.3) is 0 Å². The van der Waals surface area contributed by atoms with E-state index < -0.39 is 11.7 Å². The minimum atomic E-state index is -0.546. The van der Waals surface area contributed by atoms with Gasteiger partial charge in [-0.3, -0.25) is 4.90 Å². The Labute approximate surface area is 180 Å². The van der Waals surface area contributed by atoms with Gasteiger partial charge >= 0.3 is 6.09 Å². The van der Waals surface area contributed by atoms with E-state index in [2.05, 4.69) is 9.97 Å². The van der Waals surface area contributed by atoms with Crippen LogP contribution in [0.2, 0.25) is 0 Å². The molecule has 2 heterocycles. The highest BCUT2D eigenvalue weighted by molar-refractivity contribution is 7.19. The van der Waals surface area contributed by atoms with Gasteiger partial charge in [0, 0.05) is 13.2 Å². The smallest absolute Gasteiger partial charge is 0.415 e. The van der Waals surface area contributed by atoms with E-state index in [1.165, 1.54) is 4.90 Å². The third kappa shape index (κ3) is 5.67. The maximum Gasteiger partial charge on any atom is 0.415 e. The molecule has 2 aromatic heterocycles. The summed E-state index contributed by atoms with van der Waals surface area (Å²) in [4.78, 5) is 22.4. The van der Waals surface area contributed by atoms with Crippen LogP contribution in [0.3, 0.4) is 0 Å². The van der Waals surface area contributed by atoms with Crippen LogP contribution in [0, 0.1) is 0 Å². The van der Waals surface area contributed by atoms with Crippen LogP contribution in [0.5, 0.6) is 5.75 Å². The lowest BCUT2D eigenvalue weighted by Gasteiger charge is -2.24. The van der Waals surface area contributed by atoms with E-state index in [4.69, 9.17) is 9.47 Å². The van der Waals surface area contributed by atoms with Crippen molar-refractivity contribution in [3.05, 3.63) is 59.3 Å². The minimum absolute atomic E-state index is 0.435. The summed E-state index contributed by atoms with van der Waals surface area (Å²) in [5, 5.41) is 0.926. The Morgan fingerprint density at radius 3 is 2.57 bits per heavy atom. The monoisotopic (exact) mass is 423 g/mol. The molecular formula is C23H25N3O3S. The van der Waals surface area contributed by atoms with Crippen molar-refractivity contribution in [1.29, 1.82) is 0 Å². The predicted molar refractivity (Wildman–Crippen MR) is 123 cm³/mol. The maximum absolute atomic E-state index is 12.1. The zero-order valence-corrected chi connectivity index (χ0v) is 18.6. The number of benzene rings is 1. The highest BCUT2D eigenvalue weighted by atomic mass is 32.1. The van der Waals surface area contributed by atoms with Gasteiger partial charge in [0.05, 0.1) is 17.3 Å². The number of thiazole rings is 1. The number of hydrogen-bond donors (Lipinski definition) is 0. The number of carbonyl (C=O) groups excluding carboxylic acids is 1. The molecule has 0 bridgehead atoms. The summed E-state index contributed by atoms with van der Waals surface area (Å²) in [6, 6.07) is 9.54. The molecular weight excluding hydrogens is 398 g/mol. The fourth-order valence-electron chi connectivity index (χ4n) is 2.54. The molecule has 1 amide bonds. The van der Waals surface area contributed by atoms with Gasteiger partial charge in [0.15, 0.2) is 0 Å². The molecule has 0 aliphatic heterocycles. The lowest BCUT2D eigenvalue weighted by atomic mass is 10.2. The lowest BCUT2D eigenvalue weighted by Crippen LogP contribution is -2.34. The molecule has 3 aromatic rings. The highest BCUT2D eigenvalue weighted by Crippen LogP contribution is 2.27. The summed E-state index contributed by atoms with van der Waals surface area (Å²) >= 11 is 1.61. The van der Waals surface area contributed by atoms with Crippen molar-refractivity contribution in [2.45, 2.75) is 26.4 Å². The fraction of sp³-hybridized carbons (Fsp3) is 0.261. The van der Waals surface area contributed by atoms with Gasteiger partial charge in [0.2, 0.25) is 0 Å². The molecule has 30 heavy (non-hydrogen) atoms. The van der Waals surface area contributed by atoms with Crippen LogP contribution < -0.4 is 9.64 Å². The molecule has 0 N–H and O–H groups in total. The Hall–Kier alpha value is -3.19. The second-order valence-electron chi connectivity index (χ2n) is 7.59. The van der Waals surface area contributed by atoms with E-state index in [1.807, 2.05) is 69.3 Å². The Morgan fingerprint density at radius 2 is 1.90 bits per heavy atom. The summed E-state index contributed by atoms with van der Waals surface area (Å²) in [7, 11) is 3.30. The first-order valence-corrected chi connectivity index (χ1v) is 10.3. The summed E-state index contributed by atoms with van der Waals surface area (Å²) in [5.74, 6) is 1.36. The fourth-order valence-corrected chi connectivity index (χ4v) is 3.45. The molecule has 0 fully saturated rings. The molecule has 0 unspecified atom stereocenters. The molecule has 156 valence electrons. The molecule has 6 nitrogen and oxygen atoms in total. The van der Waals surface area contributed by atoms with Crippen LogP contribution in [0.1, 0.15) is 31.3 Å².